The van der Waals surface area contributed by atoms with E-state index >= 15 is 0 Å². The fourth-order valence-corrected chi connectivity index (χ4v) is 2.30. The monoisotopic (exact) mass is 394 g/mol. The van der Waals surface area contributed by atoms with Crippen LogP contribution in [0.3, 0.4) is 0 Å². The molecule has 0 saturated carbocycles. The first-order valence-electron chi connectivity index (χ1n) is 4.45. The van der Waals surface area contributed by atoms with Crippen LogP contribution in [0.25, 0.3) is 0 Å². The molecule has 2 nitrogen and oxygen atoms in total. The first-order valence-corrected chi connectivity index (χ1v) is 6.77. The topological polar surface area (TPSA) is 25.2 Å². The van der Waals surface area contributed by atoms with Gasteiger partial charge < -0.3 is 0 Å². The Bertz CT molecular complexity index is 437. The minimum absolute atomic E-state index is 0.0928. The second-order valence-electron chi connectivity index (χ2n) is 2.88. The summed E-state index contributed by atoms with van der Waals surface area (Å²) in [6, 6.07) is 1.04. The summed E-state index contributed by atoms with van der Waals surface area (Å²) in [5, 5.41) is 0.0928. The molecule has 0 N–H and O–H groups in total. The Hall–Kier alpha value is -0.0200. The van der Waals surface area contributed by atoms with Crippen LogP contribution >= 0.6 is 46.2 Å². The van der Waals surface area contributed by atoms with E-state index in [9.17, 15) is 13.2 Å². The van der Waals surface area contributed by atoms with Crippen LogP contribution in [0.4, 0.5) is 13.2 Å². The van der Waals surface area contributed by atoms with E-state index in [2.05, 4.69) is 8.19 Å². The van der Waals surface area contributed by atoms with E-state index in [4.69, 9.17) is 11.6 Å². The number of hydrogen-bond donors (Lipinski definition) is 0. The molecule has 0 saturated heterocycles. The summed E-state index contributed by atoms with van der Waals surface area (Å²) in [6.45, 7) is 1.84. The first-order chi connectivity index (χ1) is 7.90. The standard InChI is InChI=1S/C9H7ClF3IN2S/c1-2-17-6-3-5(9(11,12)13)4-15-7(6)8(10)16-14/h3-4H,2H2,1H3/b16-8-. The summed E-state index contributed by atoms with van der Waals surface area (Å²) < 4.78 is 41.2. The van der Waals surface area contributed by atoms with Crippen molar-refractivity contribution in [2.75, 3.05) is 5.75 Å². The molecule has 0 fully saturated rings. The molecule has 0 spiro atoms. The van der Waals surface area contributed by atoms with Crippen LogP contribution in [-0.2, 0) is 6.18 Å². The molecule has 0 amide bonds. The molecule has 0 atom stereocenters. The molecule has 0 unspecified atom stereocenters. The molecule has 94 valence electrons. The van der Waals surface area contributed by atoms with Crippen molar-refractivity contribution < 1.29 is 13.2 Å². The summed E-state index contributed by atoms with van der Waals surface area (Å²) in [5.74, 6) is 0.626. The molecule has 1 heterocycles. The molecule has 0 radical (unpaired) electrons. The van der Waals surface area contributed by atoms with Gasteiger partial charge in [0.1, 0.15) is 5.69 Å². The molecule has 0 aliphatic carbocycles. The predicted octanol–water partition coefficient (Wildman–Crippen LogP) is 4.55. The summed E-state index contributed by atoms with van der Waals surface area (Å²) in [7, 11) is 0. The van der Waals surface area contributed by atoms with Crippen LogP contribution in [0.2, 0.25) is 0 Å². The lowest BCUT2D eigenvalue weighted by atomic mass is 10.2. The van der Waals surface area contributed by atoms with Gasteiger partial charge >= 0.3 is 6.18 Å². The lowest BCUT2D eigenvalue weighted by Gasteiger charge is -2.10. The summed E-state index contributed by atoms with van der Waals surface area (Å²) in [4.78, 5) is 4.11. The maximum Gasteiger partial charge on any atom is 0.417 e. The first kappa shape index (κ1) is 15.0. The lowest BCUT2D eigenvalue weighted by molar-refractivity contribution is -0.138. The Morgan fingerprint density at radius 2 is 2.24 bits per heavy atom. The average Bonchev–Trinajstić information content (AvgIpc) is 2.27. The number of nitrogens with zero attached hydrogens (tertiary/aromatic N) is 2. The Kier molecular flexibility index (Phi) is 5.52. The van der Waals surface area contributed by atoms with Gasteiger partial charge in [0.2, 0.25) is 0 Å². The van der Waals surface area contributed by atoms with Crippen LogP contribution in [0.1, 0.15) is 18.2 Å². The van der Waals surface area contributed by atoms with Gasteiger partial charge in [-0.15, -0.1) is 11.8 Å². The van der Waals surface area contributed by atoms with E-state index in [-0.39, 0.29) is 10.9 Å². The van der Waals surface area contributed by atoms with Gasteiger partial charge in [-0.05, 0) is 11.8 Å². The Morgan fingerprint density at radius 1 is 1.59 bits per heavy atom. The van der Waals surface area contributed by atoms with Crippen LogP contribution in [-0.4, -0.2) is 15.9 Å². The molecule has 0 bridgehead atoms. The Labute approximate surface area is 120 Å². The van der Waals surface area contributed by atoms with Gasteiger partial charge in [-0.3, -0.25) is 4.98 Å². The number of aromatic nitrogens is 1. The normalized spacial score (nSPS) is 12.9. The van der Waals surface area contributed by atoms with Gasteiger partial charge in [-0.2, -0.15) is 13.2 Å². The van der Waals surface area contributed by atoms with Crippen molar-refractivity contribution in [3.8, 4) is 0 Å². The van der Waals surface area contributed by atoms with Gasteiger partial charge in [0.25, 0.3) is 0 Å². The molecule has 0 aromatic carbocycles. The van der Waals surface area contributed by atoms with E-state index in [1.165, 1.54) is 11.8 Å². The van der Waals surface area contributed by atoms with Gasteiger partial charge in [0.15, 0.2) is 5.17 Å². The Morgan fingerprint density at radius 3 is 2.71 bits per heavy atom. The van der Waals surface area contributed by atoms with E-state index in [1.807, 2.05) is 6.92 Å². The van der Waals surface area contributed by atoms with E-state index in [0.717, 1.165) is 12.3 Å². The number of thioether (sulfide) groups is 1. The second kappa shape index (κ2) is 6.24. The number of alkyl halides is 3. The van der Waals surface area contributed by atoms with Gasteiger partial charge in [0.05, 0.1) is 28.4 Å². The highest BCUT2D eigenvalue weighted by Crippen LogP contribution is 2.33. The third-order valence-electron chi connectivity index (χ3n) is 1.75. The molecule has 1 aromatic rings. The zero-order valence-corrected chi connectivity index (χ0v) is 12.3. The number of rotatable bonds is 3. The third kappa shape index (κ3) is 3.99. The van der Waals surface area contributed by atoms with Gasteiger partial charge in [-0.25, -0.2) is 3.21 Å². The van der Waals surface area contributed by atoms with E-state index in [0.29, 0.717) is 10.6 Å². The van der Waals surface area contributed by atoms with Crippen LogP contribution < -0.4 is 0 Å². The summed E-state index contributed by atoms with van der Waals surface area (Å²) in [5.41, 5.74) is -0.504. The zero-order valence-electron chi connectivity index (χ0n) is 8.55. The maximum absolute atomic E-state index is 12.5. The lowest BCUT2D eigenvalue weighted by Crippen LogP contribution is -2.08. The van der Waals surface area contributed by atoms with Crippen LogP contribution in [0, 0.1) is 0 Å². The van der Waals surface area contributed by atoms with E-state index < -0.39 is 11.7 Å². The predicted molar refractivity (Wildman–Crippen MR) is 72.0 cm³/mol. The van der Waals surface area contributed by atoms with Crippen molar-refractivity contribution in [3.05, 3.63) is 23.5 Å². The summed E-state index contributed by atoms with van der Waals surface area (Å²) in [6.07, 6.45) is -3.64. The third-order valence-corrected chi connectivity index (χ3v) is 3.69. The molecule has 1 rings (SSSR count). The van der Waals surface area contributed by atoms with Crippen molar-refractivity contribution >= 4 is 51.4 Å². The van der Waals surface area contributed by atoms with Crippen LogP contribution in [0.15, 0.2) is 20.4 Å². The molecule has 8 heteroatoms. The fraction of sp³-hybridized carbons (Fsp3) is 0.333. The molecule has 0 aliphatic heterocycles. The molecular weight excluding hydrogens is 388 g/mol. The van der Waals surface area contributed by atoms with E-state index in [1.54, 1.807) is 22.9 Å². The van der Waals surface area contributed by atoms with Crippen LogP contribution in [0.5, 0.6) is 0 Å². The number of pyridine rings is 1. The highest BCUT2D eigenvalue weighted by atomic mass is 127. The number of hydrogen-bond acceptors (Lipinski definition) is 3. The largest absolute Gasteiger partial charge is 0.417 e. The van der Waals surface area contributed by atoms with Crippen molar-refractivity contribution in [1.82, 2.24) is 4.98 Å². The number of halogens is 5. The minimum Gasteiger partial charge on any atom is -0.252 e. The highest BCUT2D eigenvalue weighted by molar-refractivity contribution is 14.1. The van der Waals surface area contributed by atoms with Crippen molar-refractivity contribution in [2.24, 2.45) is 3.21 Å². The summed E-state index contributed by atoms with van der Waals surface area (Å²) >= 11 is 8.70. The van der Waals surface area contributed by atoms with Crippen molar-refractivity contribution in [1.29, 1.82) is 0 Å². The molecule has 1 aromatic heterocycles. The SMILES string of the molecule is CCSc1cc(C(F)(F)F)cnc1/C(Cl)=N/I. The maximum atomic E-state index is 12.5. The fourth-order valence-electron chi connectivity index (χ4n) is 1.06. The zero-order chi connectivity index (χ0) is 13.1. The smallest absolute Gasteiger partial charge is 0.252 e. The second-order valence-corrected chi connectivity index (χ2v) is 5.02. The van der Waals surface area contributed by atoms with Crippen molar-refractivity contribution in [3.63, 3.8) is 0 Å². The quantitative estimate of drug-likeness (QED) is 0.427. The average molecular weight is 395 g/mol. The highest BCUT2D eigenvalue weighted by Gasteiger charge is 2.32. The molecule has 0 aliphatic rings. The molecular formula is C9H7ClF3IN2S. The van der Waals surface area contributed by atoms with Crippen molar-refractivity contribution in [2.45, 2.75) is 18.0 Å². The van der Waals surface area contributed by atoms with Gasteiger partial charge in [0, 0.05) is 11.1 Å². The minimum atomic E-state index is -4.40. The van der Waals surface area contributed by atoms with Gasteiger partial charge in [-0.1, -0.05) is 18.5 Å². The molecule has 17 heavy (non-hydrogen) atoms. The Balaban J connectivity index is 3.27.